The van der Waals surface area contributed by atoms with Gasteiger partial charge in [-0.3, -0.25) is 10.2 Å². The summed E-state index contributed by atoms with van der Waals surface area (Å²) >= 11 is 0. The highest BCUT2D eigenvalue weighted by Crippen LogP contribution is 2.42. The van der Waals surface area contributed by atoms with E-state index in [9.17, 15) is 4.79 Å². The summed E-state index contributed by atoms with van der Waals surface area (Å²) in [5, 5.41) is 8.87. The molecule has 0 spiro atoms. The number of carbonyl (C=O) groups excluding carboxylic acids is 1. The van der Waals surface area contributed by atoms with E-state index in [-0.39, 0.29) is 12.5 Å². The van der Waals surface area contributed by atoms with E-state index in [1.165, 1.54) is 0 Å². The topological polar surface area (TPSA) is 92.2 Å². The third kappa shape index (κ3) is 4.53. The monoisotopic (exact) mass is 409 g/mol. The lowest BCUT2D eigenvalue weighted by molar-refractivity contribution is -0.129. The third-order valence-corrected chi connectivity index (χ3v) is 4.83. The maximum Gasteiger partial charge on any atom is 0.266 e. The van der Waals surface area contributed by atoms with Crippen molar-refractivity contribution in [2.45, 2.75) is 24.5 Å². The van der Waals surface area contributed by atoms with Crippen molar-refractivity contribution >= 4 is 11.8 Å². The molecule has 2 aromatic rings. The molecule has 0 unspecified atom stereocenters. The average molecular weight is 409 g/mol. The molecule has 0 bridgehead atoms. The van der Waals surface area contributed by atoms with Crippen molar-refractivity contribution in [3.8, 4) is 5.75 Å². The molecule has 3 rings (SSSR count). The van der Waals surface area contributed by atoms with Gasteiger partial charge in [-0.2, -0.15) is 0 Å². The lowest BCUT2D eigenvalue weighted by Gasteiger charge is -2.29. The van der Waals surface area contributed by atoms with Crippen LogP contribution in [0.15, 0.2) is 72.2 Å². The lowest BCUT2D eigenvalue weighted by atomic mass is 9.84. The van der Waals surface area contributed by atoms with Crippen LogP contribution in [0.1, 0.15) is 30.1 Å². The van der Waals surface area contributed by atoms with Gasteiger partial charge in [0.25, 0.3) is 5.91 Å². The van der Waals surface area contributed by atoms with Crippen molar-refractivity contribution in [1.82, 2.24) is 10.9 Å². The molecule has 0 saturated carbocycles. The normalized spacial score (nSPS) is 20.2. The number of aliphatic hydroxyl groups excluding tert-OH is 1. The summed E-state index contributed by atoms with van der Waals surface area (Å²) in [7, 11) is 1.63. The van der Waals surface area contributed by atoms with Crippen LogP contribution in [-0.2, 0) is 9.53 Å². The number of rotatable bonds is 10. The number of amides is 1. The Kier molecular flexibility index (Phi) is 7.21. The molecule has 7 nitrogen and oxygen atoms in total. The van der Waals surface area contributed by atoms with E-state index in [0.29, 0.717) is 31.1 Å². The quantitative estimate of drug-likeness (QED) is 0.319. The van der Waals surface area contributed by atoms with Gasteiger partial charge in [-0.1, -0.05) is 36.4 Å². The first-order chi connectivity index (χ1) is 14.6. The minimum absolute atomic E-state index is 0.0870. The van der Waals surface area contributed by atoms with E-state index in [1.807, 2.05) is 54.6 Å². The SMILES string of the molecule is C=CC[C@]1(C(=O)NNC)N=C(c2ccc(OCCCO)cc2)O[C@H]1c1ccccc1. The molecular weight excluding hydrogens is 382 g/mol. The molecule has 0 saturated heterocycles. The largest absolute Gasteiger partial charge is 0.494 e. The van der Waals surface area contributed by atoms with Crippen LogP contribution in [0.3, 0.4) is 0 Å². The summed E-state index contributed by atoms with van der Waals surface area (Å²) in [5.41, 5.74) is 5.77. The molecule has 1 heterocycles. The molecule has 0 fully saturated rings. The zero-order valence-corrected chi connectivity index (χ0v) is 17.0. The van der Waals surface area contributed by atoms with Crippen molar-refractivity contribution < 1.29 is 19.4 Å². The first kappa shape index (κ1) is 21.5. The van der Waals surface area contributed by atoms with E-state index in [2.05, 4.69) is 17.4 Å². The molecule has 158 valence electrons. The Bertz CT molecular complexity index is 883. The zero-order valence-electron chi connectivity index (χ0n) is 17.0. The van der Waals surface area contributed by atoms with Gasteiger partial charge in [-0.25, -0.2) is 10.4 Å². The minimum atomic E-state index is -1.18. The number of aliphatic imine (C=N–C) groups is 1. The Morgan fingerprint density at radius 3 is 2.63 bits per heavy atom. The van der Waals surface area contributed by atoms with Crippen LogP contribution in [0.25, 0.3) is 0 Å². The van der Waals surface area contributed by atoms with Gasteiger partial charge < -0.3 is 14.6 Å². The van der Waals surface area contributed by atoms with Crippen LogP contribution < -0.4 is 15.6 Å². The number of hydrogen-bond donors (Lipinski definition) is 3. The molecule has 3 N–H and O–H groups in total. The Balaban J connectivity index is 1.95. The Labute approximate surface area is 176 Å². The second kappa shape index (κ2) is 10.0. The van der Waals surface area contributed by atoms with E-state index in [4.69, 9.17) is 19.6 Å². The molecule has 1 aliphatic heterocycles. The van der Waals surface area contributed by atoms with Gasteiger partial charge in [0.2, 0.25) is 5.90 Å². The van der Waals surface area contributed by atoms with Crippen LogP contribution in [0.4, 0.5) is 0 Å². The Hall–Kier alpha value is -3.16. The maximum atomic E-state index is 13.1. The maximum absolute atomic E-state index is 13.1. The molecule has 1 aliphatic rings. The molecular formula is C23H27N3O4. The molecule has 2 atom stereocenters. The highest BCUT2D eigenvalue weighted by Gasteiger charge is 2.52. The number of benzene rings is 2. The summed E-state index contributed by atoms with van der Waals surface area (Å²) in [6.07, 6.45) is 1.96. The van der Waals surface area contributed by atoms with Crippen LogP contribution >= 0.6 is 0 Å². The smallest absolute Gasteiger partial charge is 0.266 e. The van der Waals surface area contributed by atoms with E-state index in [0.717, 1.165) is 11.1 Å². The van der Waals surface area contributed by atoms with Gasteiger partial charge in [0.05, 0.1) is 6.61 Å². The first-order valence-corrected chi connectivity index (χ1v) is 9.88. The van der Waals surface area contributed by atoms with Crippen molar-refractivity contribution in [3.05, 3.63) is 78.4 Å². The van der Waals surface area contributed by atoms with Crippen molar-refractivity contribution in [1.29, 1.82) is 0 Å². The summed E-state index contributed by atoms with van der Waals surface area (Å²) in [6, 6.07) is 16.9. The van der Waals surface area contributed by atoms with Gasteiger partial charge >= 0.3 is 0 Å². The number of aliphatic hydroxyl groups is 1. The van der Waals surface area contributed by atoms with E-state index < -0.39 is 11.6 Å². The first-order valence-electron chi connectivity index (χ1n) is 9.88. The van der Waals surface area contributed by atoms with Gasteiger partial charge in [-0.15, -0.1) is 6.58 Å². The molecule has 2 aromatic carbocycles. The van der Waals surface area contributed by atoms with Gasteiger partial charge in [0, 0.05) is 32.1 Å². The third-order valence-electron chi connectivity index (χ3n) is 4.83. The second-order valence-corrected chi connectivity index (χ2v) is 6.90. The van der Waals surface area contributed by atoms with E-state index in [1.54, 1.807) is 13.1 Å². The highest BCUT2D eigenvalue weighted by molar-refractivity contribution is 6.01. The highest BCUT2D eigenvalue weighted by atomic mass is 16.5. The van der Waals surface area contributed by atoms with Crippen molar-refractivity contribution in [2.24, 2.45) is 4.99 Å². The average Bonchev–Trinajstić information content (AvgIpc) is 3.16. The minimum Gasteiger partial charge on any atom is -0.494 e. The number of ether oxygens (including phenoxy) is 2. The number of nitrogens with one attached hydrogen (secondary N) is 2. The number of hydrogen-bond acceptors (Lipinski definition) is 6. The standard InChI is InChI=1S/C23H27N3O4/c1-3-14-23(22(28)26-24-2)20(17-8-5-4-6-9-17)30-21(25-23)18-10-12-19(13-11-18)29-16-7-15-27/h3-6,8-13,20,24,27H,1,7,14-16H2,2H3,(H,26,28)/t20-,23-/m0/s1. The second-order valence-electron chi connectivity index (χ2n) is 6.90. The fourth-order valence-electron chi connectivity index (χ4n) is 3.38. The van der Waals surface area contributed by atoms with Crippen LogP contribution in [0, 0.1) is 0 Å². The van der Waals surface area contributed by atoms with Crippen LogP contribution in [-0.4, -0.2) is 42.7 Å². The summed E-state index contributed by atoms with van der Waals surface area (Å²) in [5.74, 6) is 0.785. The molecule has 1 amide bonds. The van der Waals surface area contributed by atoms with E-state index >= 15 is 0 Å². The molecule has 0 aliphatic carbocycles. The van der Waals surface area contributed by atoms with Gasteiger partial charge in [0.15, 0.2) is 11.6 Å². The number of hydrazine groups is 1. The van der Waals surface area contributed by atoms with Crippen molar-refractivity contribution in [3.63, 3.8) is 0 Å². The predicted molar refractivity (Wildman–Crippen MR) is 115 cm³/mol. The fraction of sp³-hybridized carbons (Fsp3) is 0.304. The Morgan fingerprint density at radius 2 is 2.00 bits per heavy atom. The molecule has 0 radical (unpaired) electrons. The fourth-order valence-corrected chi connectivity index (χ4v) is 3.38. The van der Waals surface area contributed by atoms with Crippen LogP contribution in [0.2, 0.25) is 0 Å². The van der Waals surface area contributed by atoms with Gasteiger partial charge in [-0.05, 0) is 29.8 Å². The lowest BCUT2D eigenvalue weighted by Crippen LogP contribution is -2.51. The van der Waals surface area contributed by atoms with Crippen LogP contribution in [0.5, 0.6) is 5.75 Å². The van der Waals surface area contributed by atoms with Gasteiger partial charge in [0.1, 0.15) is 5.75 Å². The molecule has 7 heteroatoms. The predicted octanol–water partition coefficient (Wildman–Crippen LogP) is 2.53. The summed E-state index contributed by atoms with van der Waals surface area (Å²) in [6.45, 7) is 4.35. The summed E-state index contributed by atoms with van der Waals surface area (Å²) in [4.78, 5) is 17.8. The van der Waals surface area contributed by atoms with Crippen molar-refractivity contribution in [2.75, 3.05) is 20.3 Å². The molecule has 0 aromatic heterocycles. The summed E-state index contributed by atoms with van der Waals surface area (Å²) < 4.78 is 11.8. The zero-order chi connectivity index (χ0) is 21.4. The Morgan fingerprint density at radius 1 is 1.27 bits per heavy atom. The molecule has 30 heavy (non-hydrogen) atoms. The number of carbonyl (C=O) groups is 1. The number of nitrogens with zero attached hydrogens (tertiary/aromatic N) is 1.